The quantitative estimate of drug-likeness (QED) is 0.613. The monoisotopic (exact) mass is 481 g/mol. The number of piperidine rings is 1. The van der Waals surface area contributed by atoms with E-state index in [1.807, 2.05) is 34.0 Å². The number of ether oxygens (including phenoxy) is 2. The van der Waals surface area contributed by atoms with E-state index in [1.54, 1.807) is 22.6 Å². The van der Waals surface area contributed by atoms with Gasteiger partial charge in [-0.15, -0.1) is 11.3 Å². The van der Waals surface area contributed by atoms with Crippen LogP contribution in [0.3, 0.4) is 0 Å². The lowest BCUT2D eigenvalue weighted by atomic mass is 10.0. The standard InChI is InChI=1S/C22H32ClN5O3S/c1-22(2,3)31-21(29)26(4)15-5-7-27(8-6-15)20(28-9-10-30-19(23)13-28)17-11-16-18(32-17)12-24-14-25-16/h11-12,14-15,19-20H,5-10,13H2,1-4H3. The molecule has 2 atom stereocenters. The third-order valence-corrected chi connectivity index (χ3v) is 7.31. The van der Waals surface area contributed by atoms with Crippen molar-refractivity contribution in [3.05, 3.63) is 23.5 Å². The third-order valence-electron chi connectivity index (χ3n) is 5.94. The predicted octanol–water partition coefficient (Wildman–Crippen LogP) is 3.92. The van der Waals surface area contributed by atoms with Gasteiger partial charge in [-0.2, -0.15) is 0 Å². The van der Waals surface area contributed by atoms with Crippen molar-refractivity contribution >= 4 is 39.2 Å². The number of carbonyl (C=O) groups is 1. The van der Waals surface area contributed by atoms with E-state index in [9.17, 15) is 4.79 Å². The summed E-state index contributed by atoms with van der Waals surface area (Å²) in [6, 6.07) is 2.34. The van der Waals surface area contributed by atoms with Gasteiger partial charge in [-0.3, -0.25) is 9.80 Å². The van der Waals surface area contributed by atoms with E-state index in [0.717, 1.165) is 42.7 Å². The lowest BCUT2D eigenvalue weighted by Crippen LogP contribution is -2.52. The number of halogens is 1. The first-order valence-electron chi connectivity index (χ1n) is 11.1. The second-order valence-corrected chi connectivity index (χ2v) is 11.0. The van der Waals surface area contributed by atoms with Gasteiger partial charge in [-0.05, 0) is 39.7 Å². The maximum Gasteiger partial charge on any atom is 0.410 e. The molecule has 0 N–H and O–H groups in total. The van der Waals surface area contributed by atoms with Crippen LogP contribution in [0.4, 0.5) is 4.79 Å². The minimum Gasteiger partial charge on any atom is -0.444 e. The molecule has 0 bridgehead atoms. The Morgan fingerprint density at radius 2 is 2.06 bits per heavy atom. The molecule has 32 heavy (non-hydrogen) atoms. The van der Waals surface area contributed by atoms with Crippen LogP contribution in [0.25, 0.3) is 10.2 Å². The summed E-state index contributed by atoms with van der Waals surface area (Å²) in [7, 11) is 1.84. The second-order valence-electron chi connectivity index (χ2n) is 9.43. The molecule has 176 valence electrons. The fourth-order valence-corrected chi connectivity index (χ4v) is 5.80. The van der Waals surface area contributed by atoms with E-state index in [1.165, 1.54) is 4.88 Å². The number of thiophene rings is 1. The molecule has 0 aromatic carbocycles. The highest BCUT2D eigenvalue weighted by Crippen LogP contribution is 2.36. The highest BCUT2D eigenvalue weighted by Gasteiger charge is 2.36. The number of likely N-dealkylation sites (tertiary alicyclic amines) is 1. The molecular weight excluding hydrogens is 450 g/mol. The van der Waals surface area contributed by atoms with Gasteiger partial charge >= 0.3 is 6.09 Å². The van der Waals surface area contributed by atoms with Crippen molar-refractivity contribution in [2.24, 2.45) is 0 Å². The molecule has 0 saturated carbocycles. The Kier molecular flexibility index (Phi) is 7.21. The van der Waals surface area contributed by atoms with Crippen LogP contribution in [0.2, 0.25) is 0 Å². The van der Waals surface area contributed by atoms with Crippen molar-refractivity contribution in [2.45, 2.75) is 57.0 Å². The zero-order valence-electron chi connectivity index (χ0n) is 19.2. The molecule has 4 heterocycles. The number of amides is 1. The molecule has 2 aliphatic heterocycles. The number of aromatic nitrogens is 2. The van der Waals surface area contributed by atoms with Crippen LogP contribution in [-0.2, 0) is 9.47 Å². The van der Waals surface area contributed by atoms with Gasteiger partial charge in [0, 0.05) is 50.3 Å². The molecule has 1 amide bonds. The van der Waals surface area contributed by atoms with Crippen LogP contribution >= 0.6 is 22.9 Å². The van der Waals surface area contributed by atoms with Gasteiger partial charge in [-0.25, -0.2) is 14.8 Å². The molecule has 0 radical (unpaired) electrons. The molecule has 8 nitrogen and oxygen atoms in total. The minimum absolute atomic E-state index is 0.104. The van der Waals surface area contributed by atoms with Crippen molar-refractivity contribution in [3.8, 4) is 0 Å². The molecule has 2 aromatic heterocycles. The Balaban J connectivity index is 1.49. The van der Waals surface area contributed by atoms with Gasteiger partial charge in [0.2, 0.25) is 0 Å². The summed E-state index contributed by atoms with van der Waals surface area (Å²) in [5.74, 6) is 0. The van der Waals surface area contributed by atoms with Gasteiger partial charge < -0.3 is 14.4 Å². The number of hydrogen-bond donors (Lipinski definition) is 0. The van der Waals surface area contributed by atoms with E-state index >= 15 is 0 Å². The van der Waals surface area contributed by atoms with E-state index in [4.69, 9.17) is 21.1 Å². The summed E-state index contributed by atoms with van der Waals surface area (Å²) in [5.41, 5.74) is 0.173. The van der Waals surface area contributed by atoms with E-state index in [-0.39, 0.29) is 23.9 Å². The fourth-order valence-electron chi connectivity index (χ4n) is 4.37. The largest absolute Gasteiger partial charge is 0.444 e. The van der Waals surface area contributed by atoms with Crippen molar-refractivity contribution in [1.82, 2.24) is 24.7 Å². The van der Waals surface area contributed by atoms with Gasteiger partial charge in [-0.1, -0.05) is 11.6 Å². The summed E-state index contributed by atoms with van der Waals surface area (Å²) < 4.78 is 12.2. The van der Waals surface area contributed by atoms with Crippen LogP contribution in [0.15, 0.2) is 18.6 Å². The first-order valence-corrected chi connectivity index (χ1v) is 12.4. The minimum atomic E-state index is -0.490. The second kappa shape index (κ2) is 9.77. The lowest BCUT2D eigenvalue weighted by molar-refractivity contribution is -0.0581. The summed E-state index contributed by atoms with van der Waals surface area (Å²) >= 11 is 8.09. The van der Waals surface area contributed by atoms with E-state index < -0.39 is 5.60 Å². The number of carbonyl (C=O) groups excluding carboxylic acids is 1. The molecule has 2 unspecified atom stereocenters. The Morgan fingerprint density at radius 1 is 1.31 bits per heavy atom. The van der Waals surface area contributed by atoms with Crippen LogP contribution in [0.5, 0.6) is 0 Å². The Bertz CT molecular complexity index is 895. The van der Waals surface area contributed by atoms with Gasteiger partial charge in [0.15, 0.2) is 0 Å². The number of rotatable bonds is 4. The molecule has 2 saturated heterocycles. The number of alkyl halides is 1. The molecule has 4 rings (SSSR count). The van der Waals surface area contributed by atoms with Crippen molar-refractivity contribution in [1.29, 1.82) is 0 Å². The molecule has 0 aliphatic carbocycles. The zero-order chi connectivity index (χ0) is 22.9. The van der Waals surface area contributed by atoms with Crippen molar-refractivity contribution < 1.29 is 14.3 Å². The van der Waals surface area contributed by atoms with Crippen LogP contribution < -0.4 is 0 Å². The maximum atomic E-state index is 12.5. The van der Waals surface area contributed by atoms with Crippen LogP contribution in [0, 0.1) is 0 Å². The fraction of sp³-hybridized carbons (Fsp3) is 0.682. The molecule has 2 aromatic rings. The SMILES string of the molecule is CN(C(=O)OC(C)(C)C)C1CCN(C(c2cc3ncncc3s2)N2CCOC(Cl)C2)CC1. The van der Waals surface area contributed by atoms with Crippen LogP contribution in [0.1, 0.15) is 44.7 Å². The number of nitrogens with zero attached hydrogens (tertiary/aromatic N) is 5. The topological polar surface area (TPSA) is 71.0 Å². The first-order chi connectivity index (χ1) is 15.2. The van der Waals surface area contributed by atoms with Gasteiger partial charge in [0.1, 0.15) is 17.5 Å². The van der Waals surface area contributed by atoms with Crippen molar-refractivity contribution in [2.75, 3.05) is 39.8 Å². The highest BCUT2D eigenvalue weighted by atomic mass is 35.5. The number of hydrogen-bond acceptors (Lipinski definition) is 8. The summed E-state index contributed by atoms with van der Waals surface area (Å²) in [6.45, 7) is 9.57. The summed E-state index contributed by atoms with van der Waals surface area (Å²) in [6.07, 6.45) is 5.10. The number of morpholine rings is 1. The Labute approximate surface area is 198 Å². The summed E-state index contributed by atoms with van der Waals surface area (Å²) in [4.78, 5) is 29.0. The smallest absolute Gasteiger partial charge is 0.410 e. The molecule has 2 aliphatic rings. The van der Waals surface area contributed by atoms with Crippen LogP contribution in [-0.4, -0.2) is 87.8 Å². The van der Waals surface area contributed by atoms with Crippen molar-refractivity contribution in [3.63, 3.8) is 0 Å². The predicted molar refractivity (Wildman–Crippen MR) is 126 cm³/mol. The molecular formula is C22H32ClN5O3S. The van der Waals surface area contributed by atoms with E-state index in [2.05, 4.69) is 25.8 Å². The Morgan fingerprint density at radius 3 is 2.72 bits per heavy atom. The average molecular weight is 482 g/mol. The number of fused-ring (bicyclic) bond motifs is 1. The maximum absolute atomic E-state index is 12.5. The Hall–Kier alpha value is -1.52. The molecule has 10 heteroatoms. The lowest BCUT2D eigenvalue weighted by Gasteiger charge is -2.45. The zero-order valence-corrected chi connectivity index (χ0v) is 20.7. The summed E-state index contributed by atoms with van der Waals surface area (Å²) in [5, 5.41) is 0. The van der Waals surface area contributed by atoms with Gasteiger partial charge in [0.05, 0.1) is 23.0 Å². The molecule has 2 fully saturated rings. The molecule has 0 spiro atoms. The normalized spacial score (nSPS) is 22.7. The first kappa shape index (κ1) is 23.6. The average Bonchev–Trinajstić information content (AvgIpc) is 3.16. The van der Waals surface area contributed by atoms with Gasteiger partial charge in [0.25, 0.3) is 0 Å². The van der Waals surface area contributed by atoms with E-state index in [0.29, 0.717) is 13.2 Å². The third kappa shape index (κ3) is 5.51. The highest BCUT2D eigenvalue weighted by molar-refractivity contribution is 7.19.